The van der Waals surface area contributed by atoms with E-state index < -0.39 is 6.10 Å². The summed E-state index contributed by atoms with van der Waals surface area (Å²) in [7, 11) is 1.76. The topological polar surface area (TPSA) is 372 Å². The third kappa shape index (κ3) is 32.5. The van der Waals surface area contributed by atoms with Gasteiger partial charge in [-0.25, -0.2) is 0 Å². The smallest absolute Gasteiger partial charge is 0.0729 e. The molecular weight excluding hydrogens is 1140 g/mol. The van der Waals surface area contributed by atoms with E-state index in [4.69, 9.17) is 56.3 Å². The minimum Gasteiger partial charge on any atom is -0.399 e. The monoisotopic (exact) mass is 1240 g/mol. The van der Waals surface area contributed by atoms with Crippen LogP contribution < -0.4 is 99.5 Å². The molecule has 20 nitrogen and oxygen atoms in total. The van der Waals surface area contributed by atoms with E-state index in [0.717, 1.165) is 182 Å². The van der Waals surface area contributed by atoms with Gasteiger partial charge in [-0.3, -0.25) is 0 Å². The summed E-state index contributed by atoms with van der Waals surface area (Å²) in [5, 5.41) is 40.4. The summed E-state index contributed by atoms with van der Waals surface area (Å²) in [6.07, 6.45) is 7.51. The Morgan fingerprint density at radius 1 is 0.308 bits per heavy atom. The van der Waals surface area contributed by atoms with Gasteiger partial charge in [-0.2, -0.15) is 0 Å². The molecule has 20 heteroatoms. The molecule has 1 unspecified atom stereocenters. The molecule has 0 radical (unpaired) electrons. The number of aliphatic hydroxyl groups is 1. The van der Waals surface area contributed by atoms with Gasteiger partial charge in [0.2, 0.25) is 0 Å². The van der Waals surface area contributed by atoms with Crippen LogP contribution in [0.5, 0.6) is 0 Å². The van der Waals surface area contributed by atoms with Gasteiger partial charge in [0.05, 0.1) is 12.2 Å². The first-order valence-electron chi connectivity index (χ1n) is 31.6. The van der Waals surface area contributed by atoms with Gasteiger partial charge in [0.1, 0.15) is 0 Å². The third-order valence-electron chi connectivity index (χ3n) is 14.6. The van der Waals surface area contributed by atoms with E-state index in [9.17, 15) is 5.11 Å². The molecule has 0 bridgehead atoms. The highest BCUT2D eigenvalue weighted by atomic mass is 16.5. The van der Waals surface area contributed by atoms with E-state index in [1.54, 1.807) is 7.11 Å². The van der Waals surface area contributed by atoms with E-state index in [2.05, 4.69) is 54.8 Å². The van der Waals surface area contributed by atoms with Crippen molar-refractivity contribution >= 4 is 91.0 Å². The number of nitrogens with two attached hydrogens (primary N) is 9. The number of hydrogen-bond donors (Lipinski definition) is 19. The Bertz CT molecular complexity index is 2950. The van der Waals surface area contributed by atoms with E-state index in [1.165, 1.54) is 0 Å². The lowest BCUT2D eigenvalue weighted by Gasteiger charge is -2.20. The van der Waals surface area contributed by atoms with Crippen molar-refractivity contribution in [1.29, 1.82) is 0 Å². The van der Waals surface area contributed by atoms with Crippen molar-refractivity contribution in [3.63, 3.8) is 0 Å². The number of rotatable bonds is 35. The Hall–Kier alpha value is -9.60. The van der Waals surface area contributed by atoms with Crippen LogP contribution in [-0.4, -0.2) is 95.4 Å². The molecule has 8 rings (SSSR count). The molecule has 0 aliphatic carbocycles. The molecule has 0 fully saturated rings. The van der Waals surface area contributed by atoms with Crippen molar-refractivity contribution in [1.82, 2.24) is 5.32 Å². The van der Waals surface area contributed by atoms with Crippen LogP contribution >= 0.6 is 0 Å². The Labute approximate surface area is 540 Å². The van der Waals surface area contributed by atoms with Crippen molar-refractivity contribution in [2.75, 3.05) is 154 Å². The molecule has 0 heterocycles. The Morgan fingerprint density at radius 3 is 0.769 bits per heavy atom. The van der Waals surface area contributed by atoms with Crippen molar-refractivity contribution in [3.05, 3.63) is 194 Å². The number of ether oxygens (including phenoxy) is 1. The molecule has 490 valence electrons. The fraction of sp³-hybridized carbons (Fsp3) is 0.324. The number of benzene rings is 8. The molecule has 91 heavy (non-hydrogen) atoms. The zero-order valence-corrected chi connectivity index (χ0v) is 53.4. The molecule has 0 aliphatic rings. The van der Waals surface area contributed by atoms with Crippen LogP contribution in [0.15, 0.2) is 194 Å². The molecule has 0 aromatic heterocycles. The normalized spacial score (nSPS) is 11.0. The van der Waals surface area contributed by atoms with Crippen LogP contribution in [0, 0.1) is 0 Å². The van der Waals surface area contributed by atoms with E-state index in [1.807, 2.05) is 194 Å². The summed E-state index contributed by atoms with van der Waals surface area (Å²) >= 11 is 0. The lowest BCUT2D eigenvalue weighted by atomic mass is 10.1. The van der Waals surface area contributed by atoms with Gasteiger partial charge in [-0.05, 0) is 252 Å². The van der Waals surface area contributed by atoms with Crippen molar-refractivity contribution in [3.8, 4) is 0 Å². The predicted octanol–water partition coefficient (Wildman–Crippen LogP) is 11.3. The molecule has 8 aromatic carbocycles. The number of aliphatic hydroxyl groups excluding tert-OH is 1. The van der Waals surface area contributed by atoms with Gasteiger partial charge in [0, 0.05) is 163 Å². The summed E-state index contributed by atoms with van der Waals surface area (Å²) in [6.45, 7) is 9.77. The van der Waals surface area contributed by atoms with Gasteiger partial charge in [0.15, 0.2) is 0 Å². The maximum absolute atomic E-state index is 9.94. The zero-order valence-electron chi connectivity index (χ0n) is 53.4. The first-order chi connectivity index (χ1) is 44.1. The molecule has 8 aromatic rings. The average molecular weight is 1240 g/mol. The Kier molecular flexibility index (Phi) is 33.6. The first kappa shape index (κ1) is 72.1. The molecule has 0 spiro atoms. The molecule has 0 saturated carbocycles. The maximum atomic E-state index is 9.94. The van der Waals surface area contributed by atoms with Crippen LogP contribution in [0.1, 0.15) is 58.3 Å². The highest BCUT2D eigenvalue weighted by Crippen LogP contribution is 2.18. The largest absolute Gasteiger partial charge is 0.399 e. The molecule has 28 N–H and O–H groups in total. The second kappa shape index (κ2) is 42.4. The summed E-state index contributed by atoms with van der Waals surface area (Å²) in [5.74, 6) is 0. The minimum atomic E-state index is -0.413. The van der Waals surface area contributed by atoms with Gasteiger partial charge >= 0.3 is 0 Å². The lowest BCUT2D eigenvalue weighted by Crippen LogP contribution is -2.33. The summed E-state index contributed by atoms with van der Waals surface area (Å²) in [5.41, 5.74) is 66.1. The van der Waals surface area contributed by atoms with Crippen molar-refractivity contribution in [2.45, 2.75) is 82.6 Å². The fourth-order valence-corrected chi connectivity index (χ4v) is 9.09. The molecule has 1 atom stereocenters. The SMILES string of the molecule is CCCNC(CCNc1ccc(N)cc1)CCNc1ccc(N)cc1.COC(CCNc1ccc(N)cc1)CCNc1ccc(N)cc1.Nc1ccc(NCCC(N)CCNc2ccc(N)cc2)cc1.Nc1ccc(NCCC(O)CNc2ccc(N)cc2)cc1. The van der Waals surface area contributed by atoms with Crippen LogP contribution in [0.3, 0.4) is 0 Å². The summed E-state index contributed by atoms with van der Waals surface area (Å²) in [4.78, 5) is 0. The molecule has 0 amide bonds. The summed E-state index contributed by atoms with van der Waals surface area (Å²) in [6, 6.07) is 62.4. The van der Waals surface area contributed by atoms with Crippen LogP contribution in [0.25, 0.3) is 0 Å². The number of anilines is 16. The first-order valence-corrected chi connectivity index (χ1v) is 31.6. The van der Waals surface area contributed by atoms with Crippen molar-refractivity contribution < 1.29 is 9.84 Å². The zero-order chi connectivity index (χ0) is 65.3. The number of hydrogen-bond acceptors (Lipinski definition) is 20. The maximum Gasteiger partial charge on any atom is 0.0729 e. The van der Waals surface area contributed by atoms with Crippen LogP contribution in [0.4, 0.5) is 91.0 Å². The second-order valence-electron chi connectivity index (χ2n) is 22.3. The van der Waals surface area contributed by atoms with Gasteiger partial charge in [-0.15, -0.1) is 0 Å². The Balaban J connectivity index is 0.000000221. The highest BCUT2D eigenvalue weighted by molar-refractivity contribution is 5.57. The minimum absolute atomic E-state index is 0.169. The van der Waals surface area contributed by atoms with Gasteiger partial charge in [-0.1, -0.05) is 6.92 Å². The number of nitrogen functional groups attached to an aromatic ring is 8. The highest BCUT2D eigenvalue weighted by Gasteiger charge is 2.10. The van der Waals surface area contributed by atoms with Crippen LogP contribution in [-0.2, 0) is 4.74 Å². The Morgan fingerprint density at radius 2 is 0.527 bits per heavy atom. The molecular formula is C71H104N18O2. The second-order valence-corrected chi connectivity index (χ2v) is 22.3. The lowest BCUT2D eigenvalue weighted by molar-refractivity contribution is 0.0938. The number of methoxy groups -OCH3 is 1. The van der Waals surface area contributed by atoms with E-state index in [-0.39, 0.29) is 12.1 Å². The van der Waals surface area contributed by atoms with E-state index >= 15 is 0 Å². The van der Waals surface area contributed by atoms with Crippen molar-refractivity contribution in [2.24, 2.45) is 5.73 Å². The number of nitrogens with one attached hydrogen (secondary N) is 9. The standard InChI is InChI=1S/C20H31N5.C18H26N4O.C17H25N5.C16H22N4O/c1-2-13-23-20(11-14-24-18-7-3-16(21)4-8-18)12-15-25-19-9-5-17(22)6-10-19;1-23-18(10-12-21-16-6-2-14(19)3-7-16)11-13-22-17-8-4-15(20)5-9-17;18-13-1-5-16(6-2-13)21-11-9-15(20)10-12-22-17-7-3-14(19)4-8-17;17-12-1-5-14(6-2-12)19-10-9-16(21)11-20-15-7-3-13(18)4-8-15/h3-10,20,23-25H,2,11-15,21-22H2,1H3;2-9,18,21-22H,10-13,19-20H2,1H3;1-8,15,21-22H,9-12,18-20H2;1-8,16,19-21H,9-11,17-18H2. The van der Waals surface area contributed by atoms with Gasteiger partial charge in [0.25, 0.3) is 0 Å². The predicted molar refractivity (Wildman–Crippen MR) is 394 cm³/mol. The average Bonchev–Trinajstić information content (AvgIpc) is 3.57. The third-order valence-corrected chi connectivity index (χ3v) is 14.6. The quantitative estimate of drug-likeness (QED) is 0.0164. The molecule has 0 saturated heterocycles. The van der Waals surface area contributed by atoms with Crippen LogP contribution in [0.2, 0.25) is 0 Å². The van der Waals surface area contributed by atoms with E-state index in [0.29, 0.717) is 25.6 Å². The van der Waals surface area contributed by atoms with Gasteiger partial charge < -0.3 is 109 Å². The molecule has 0 aliphatic heterocycles. The fourth-order valence-electron chi connectivity index (χ4n) is 9.09. The summed E-state index contributed by atoms with van der Waals surface area (Å²) < 4.78 is 5.54.